The molecular formula is C12H18N2O3S2. The van der Waals surface area contributed by atoms with Crippen molar-refractivity contribution in [2.45, 2.75) is 26.8 Å². The van der Waals surface area contributed by atoms with E-state index in [0.717, 1.165) is 5.69 Å². The maximum absolute atomic E-state index is 12.1. The molecule has 0 unspecified atom stereocenters. The van der Waals surface area contributed by atoms with Crippen molar-refractivity contribution in [3.05, 3.63) is 33.7 Å². The molecular weight excluding hydrogens is 284 g/mol. The van der Waals surface area contributed by atoms with Crippen LogP contribution in [0.2, 0.25) is 0 Å². The Morgan fingerprint density at radius 3 is 2.58 bits per heavy atom. The van der Waals surface area contributed by atoms with Gasteiger partial charge < -0.3 is 10.3 Å². The molecule has 0 aromatic carbocycles. The van der Waals surface area contributed by atoms with Gasteiger partial charge in [0.15, 0.2) is 0 Å². The van der Waals surface area contributed by atoms with Crippen LogP contribution in [0.15, 0.2) is 16.9 Å². The van der Waals surface area contributed by atoms with E-state index in [1.807, 2.05) is 0 Å². The van der Waals surface area contributed by atoms with Crippen molar-refractivity contribution in [1.82, 2.24) is 4.57 Å². The van der Waals surface area contributed by atoms with Gasteiger partial charge in [0.1, 0.15) is 14.8 Å². The Kier molecular flexibility index (Phi) is 5.25. The first-order valence-electron chi connectivity index (χ1n) is 5.99. The summed E-state index contributed by atoms with van der Waals surface area (Å²) in [5.74, 6) is 0.195. The predicted molar refractivity (Wildman–Crippen MR) is 80.3 cm³/mol. The number of rotatable bonds is 6. The lowest BCUT2D eigenvalue weighted by Crippen LogP contribution is -2.30. The molecule has 7 heteroatoms. The number of nitrogens with two attached hydrogens (primary N) is 1. The molecule has 0 aliphatic rings. The van der Waals surface area contributed by atoms with Gasteiger partial charge in [-0.05, 0) is 25.5 Å². The lowest BCUT2D eigenvalue weighted by atomic mass is 10.2. The normalized spacial score (nSPS) is 11.5. The molecule has 0 atom stereocenters. The Morgan fingerprint density at radius 1 is 1.42 bits per heavy atom. The zero-order valence-corrected chi connectivity index (χ0v) is 12.7. The van der Waals surface area contributed by atoms with Crippen LogP contribution < -0.4 is 11.3 Å². The van der Waals surface area contributed by atoms with E-state index in [0.29, 0.717) is 18.5 Å². The number of nitrogens with zero attached hydrogens (tertiary/aromatic N) is 1. The second-order valence-corrected chi connectivity index (χ2v) is 7.21. The van der Waals surface area contributed by atoms with Crippen LogP contribution in [0, 0.1) is 6.92 Å². The molecule has 0 saturated carbocycles. The molecule has 1 aromatic rings. The molecule has 1 heterocycles. The summed E-state index contributed by atoms with van der Waals surface area (Å²) in [7, 11) is -3.01. The van der Waals surface area contributed by atoms with Crippen molar-refractivity contribution < 1.29 is 8.42 Å². The van der Waals surface area contributed by atoms with Gasteiger partial charge in [-0.3, -0.25) is 4.79 Å². The average molecular weight is 302 g/mol. The highest BCUT2D eigenvalue weighted by atomic mass is 32.2. The second-order valence-electron chi connectivity index (χ2n) is 4.30. The highest BCUT2D eigenvalue weighted by Crippen LogP contribution is 2.02. The predicted octanol–water partition coefficient (Wildman–Crippen LogP) is 0.616. The smallest absolute Gasteiger partial charge is 0.260 e. The van der Waals surface area contributed by atoms with Gasteiger partial charge in [-0.25, -0.2) is 8.42 Å². The molecule has 1 aromatic heterocycles. The van der Waals surface area contributed by atoms with E-state index in [1.165, 1.54) is 4.57 Å². The average Bonchev–Trinajstić information content (AvgIpc) is 2.32. The summed E-state index contributed by atoms with van der Waals surface area (Å²) in [5.41, 5.74) is 6.27. The molecule has 19 heavy (non-hydrogen) atoms. The highest BCUT2D eigenvalue weighted by molar-refractivity contribution is 7.91. The number of hydrogen-bond donors (Lipinski definition) is 1. The van der Waals surface area contributed by atoms with E-state index in [1.54, 1.807) is 26.0 Å². The van der Waals surface area contributed by atoms with Crippen molar-refractivity contribution in [1.29, 1.82) is 0 Å². The molecule has 0 aliphatic heterocycles. The van der Waals surface area contributed by atoms with Crippen LogP contribution in [0.4, 0.5) is 0 Å². The van der Waals surface area contributed by atoms with E-state index < -0.39 is 9.84 Å². The van der Waals surface area contributed by atoms with Crippen LogP contribution in [0.5, 0.6) is 0 Å². The third kappa shape index (κ3) is 4.14. The van der Waals surface area contributed by atoms with Gasteiger partial charge >= 0.3 is 0 Å². The Labute approximate surface area is 118 Å². The van der Waals surface area contributed by atoms with E-state index in [-0.39, 0.29) is 22.1 Å². The molecule has 0 fully saturated rings. The van der Waals surface area contributed by atoms with E-state index in [9.17, 15) is 13.2 Å². The zero-order chi connectivity index (χ0) is 14.6. The number of hydrogen-bond acceptors (Lipinski definition) is 4. The third-order valence-electron chi connectivity index (χ3n) is 2.93. The number of pyridine rings is 1. The SMILES string of the molecule is CCS(=O)(=O)CCCn1c(C)ccc(C(N)=S)c1=O. The second kappa shape index (κ2) is 6.29. The maximum Gasteiger partial charge on any atom is 0.260 e. The molecule has 0 bridgehead atoms. The molecule has 0 amide bonds. The van der Waals surface area contributed by atoms with Gasteiger partial charge in [0.2, 0.25) is 0 Å². The Bertz CT molecular complexity index is 633. The summed E-state index contributed by atoms with van der Waals surface area (Å²) in [6.45, 7) is 3.75. The van der Waals surface area contributed by atoms with Gasteiger partial charge in [0.25, 0.3) is 5.56 Å². The Hall–Kier alpha value is -1.21. The monoisotopic (exact) mass is 302 g/mol. The van der Waals surface area contributed by atoms with Gasteiger partial charge in [-0.2, -0.15) is 0 Å². The fraction of sp³-hybridized carbons (Fsp3) is 0.500. The first-order chi connectivity index (χ1) is 8.78. The zero-order valence-electron chi connectivity index (χ0n) is 11.0. The maximum atomic E-state index is 12.1. The molecule has 0 aliphatic carbocycles. The summed E-state index contributed by atoms with van der Waals surface area (Å²) in [5, 5.41) is 0. The fourth-order valence-corrected chi connectivity index (χ4v) is 2.74. The van der Waals surface area contributed by atoms with Crippen molar-refractivity contribution in [3.63, 3.8) is 0 Å². The minimum Gasteiger partial charge on any atom is -0.389 e. The molecule has 0 radical (unpaired) electrons. The van der Waals surface area contributed by atoms with Crippen LogP contribution in [0.3, 0.4) is 0 Å². The topological polar surface area (TPSA) is 82.2 Å². The summed E-state index contributed by atoms with van der Waals surface area (Å²) < 4.78 is 24.3. The Morgan fingerprint density at radius 2 is 2.05 bits per heavy atom. The molecule has 0 saturated heterocycles. The van der Waals surface area contributed by atoms with Crippen molar-refractivity contribution in [2.24, 2.45) is 5.73 Å². The van der Waals surface area contributed by atoms with E-state index in [4.69, 9.17) is 18.0 Å². The fourth-order valence-electron chi connectivity index (χ4n) is 1.72. The van der Waals surface area contributed by atoms with Crippen LogP contribution in [-0.2, 0) is 16.4 Å². The lowest BCUT2D eigenvalue weighted by molar-refractivity contribution is 0.582. The van der Waals surface area contributed by atoms with Crippen molar-refractivity contribution in [3.8, 4) is 0 Å². The van der Waals surface area contributed by atoms with Crippen molar-refractivity contribution >= 4 is 27.0 Å². The first-order valence-corrected chi connectivity index (χ1v) is 8.22. The van der Waals surface area contributed by atoms with Gasteiger partial charge in [0, 0.05) is 18.0 Å². The van der Waals surface area contributed by atoms with E-state index >= 15 is 0 Å². The number of sulfone groups is 1. The number of aryl methyl sites for hydroxylation is 1. The minimum atomic E-state index is -3.01. The Balaban J connectivity index is 2.93. The van der Waals surface area contributed by atoms with Gasteiger partial charge in [-0.1, -0.05) is 19.1 Å². The van der Waals surface area contributed by atoms with Crippen LogP contribution in [0.1, 0.15) is 24.6 Å². The summed E-state index contributed by atoms with van der Waals surface area (Å²) in [6.07, 6.45) is 0.401. The standard InChI is InChI=1S/C12H18N2O3S2/c1-3-19(16,17)8-4-7-14-9(2)5-6-10(11(13)18)12(14)15/h5-6H,3-4,7-8H2,1-2H3,(H2,13,18). The molecule has 0 spiro atoms. The van der Waals surface area contributed by atoms with Crippen LogP contribution in [0.25, 0.3) is 0 Å². The summed E-state index contributed by atoms with van der Waals surface area (Å²) >= 11 is 4.81. The van der Waals surface area contributed by atoms with E-state index in [2.05, 4.69) is 0 Å². The lowest BCUT2D eigenvalue weighted by Gasteiger charge is -2.11. The van der Waals surface area contributed by atoms with Crippen LogP contribution >= 0.6 is 12.2 Å². The van der Waals surface area contributed by atoms with Crippen molar-refractivity contribution in [2.75, 3.05) is 11.5 Å². The largest absolute Gasteiger partial charge is 0.389 e. The summed E-state index contributed by atoms with van der Waals surface area (Å²) in [6, 6.07) is 3.35. The minimum absolute atomic E-state index is 0.0555. The van der Waals surface area contributed by atoms with Gasteiger partial charge in [0.05, 0.1) is 11.3 Å². The third-order valence-corrected chi connectivity index (χ3v) is 4.95. The molecule has 106 valence electrons. The first kappa shape index (κ1) is 15.8. The van der Waals surface area contributed by atoms with Gasteiger partial charge in [-0.15, -0.1) is 0 Å². The quantitative estimate of drug-likeness (QED) is 0.779. The molecule has 5 nitrogen and oxygen atoms in total. The van der Waals surface area contributed by atoms with Crippen LogP contribution in [-0.4, -0.2) is 29.5 Å². The highest BCUT2D eigenvalue weighted by Gasteiger charge is 2.11. The molecule has 1 rings (SSSR count). The molecule has 2 N–H and O–H groups in total. The number of aromatic nitrogens is 1. The number of thiocarbonyl (C=S) groups is 1. The summed E-state index contributed by atoms with van der Waals surface area (Å²) in [4.78, 5) is 12.2.